The lowest BCUT2D eigenvalue weighted by Crippen LogP contribution is -2.40. The van der Waals surface area contributed by atoms with E-state index in [2.05, 4.69) is 10.0 Å². The second-order valence-corrected chi connectivity index (χ2v) is 7.37. The first-order valence-electron chi connectivity index (χ1n) is 6.49. The molecule has 0 spiro atoms. The molecule has 0 aliphatic rings. The van der Waals surface area contributed by atoms with Crippen molar-refractivity contribution >= 4 is 15.9 Å². The SMILES string of the molecule is CCNC(=O)c1cc(S(=O)(=O)NC(C)(C)C)ccc1C. The van der Waals surface area contributed by atoms with E-state index in [9.17, 15) is 13.2 Å². The fourth-order valence-corrected chi connectivity index (χ4v) is 3.17. The van der Waals surface area contributed by atoms with Crippen molar-refractivity contribution in [2.75, 3.05) is 6.54 Å². The van der Waals surface area contributed by atoms with Crippen LogP contribution in [0.2, 0.25) is 0 Å². The summed E-state index contributed by atoms with van der Waals surface area (Å²) in [5.74, 6) is -0.266. The van der Waals surface area contributed by atoms with Crippen LogP contribution in [0.3, 0.4) is 0 Å². The Hall–Kier alpha value is -1.40. The highest BCUT2D eigenvalue weighted by molar-refractivity contribution is 7.89. The second-order valence-electron chi connectivity index (χ2n) is 5.69. The molecule has 0 unspecified atom stereocenters. The van der Waals surface area contributed by atoms with E-state index in [4.69, 9.17) is 0 Å². The second kappa shape index (κ2) is 5.93. The highest BCUT2D eigenvalue weighted by Crippen LogP contribution is 2.17. The fraction of sp³-hybridized carbons (Fsp3) is 0.500. The molecule has 2 N–H and O–H groups in total. The van der Waals surface area contributed by atoms with Gasteiger partial charge < -0.3 is 5.32 Å². The summed E-state index contributed by atoms with van der Waals surface area (Å²) >= 11 is 0. The highest BCUT2D eigenvalue weighted by atomic mass is 32.2. The summed E-state index contributed by atoms with van der Waals surface area (Å²) in [7, 11) is -3.64. The van der Waals surface area contributed by atoms with Crippen LogP contribution in [0.25, 0.3) is 0 Å². The van der Waals surface area contributed by atoms with Crippen LogP contribution in [-0.4, -0.2) is 26.4 Å². The number of hydrogen-bond acceptors (Lipinski definition) is 3. The van der Waals surface area contributed by atoms with Gasteiger partial charge in [-0.3, -0.25) is 4.79 Å². The van der Waals surface area contributed by atoms with Crippen LogP contribution in [0, 0.1) is 6.92 Å². The lowest BCUT2D eigenvalue weighted by Gasteiger charge is -2.20. The maximum absolute atomic E-state index is 12.2. The Kier molecular flexibility index (Phi) is 4.94. The third kappa shape index (κ3) is 4.31. The van der Waals surface area contributed by atoms with Gasteiger partial charge >= 0.3 is 0 Å². The molecular weight excluding hydrogens is 276 g/mol. The van der Waals surface area contributed by atoms with E-state index in [-0.39, 0.29) is 10.8 Å². The number of rotatable bonds is 4. The van der Waals surface area contributed by atoms with Gasteiger partial charge in [-0.25, -0.2) is 13.1 Å². The number of nitrogens with one attached hydrogen (secondary N) is 2. The van der Waals surface area contributed by atoms with Crippen LogP contribution in [0.1, 0.15) is 43.6 Å². The van der Waals surface area contributed by atoms with Gasteiger partial charge in [-0.15, -0.1) is 0 Å². The monoisotopic (exact) mass is 298 g/mol. The molecule has 1 aromatic carbocycles. The highest BCUT2D eigenvalue weighted by Gasteiger charge is 2.23. The molecule has 0 atom stereocenters. The molecular formula is C14H22N2O3S. The minimum absolute atomic E-state index is 0.0966. The van der Waals surface area contributed by atoms with E-state index in [1.807, 2.05) is 6.92 Å². The van der Waals surface area contributed by atoms with Crippen molar-refractivity contribution in [1.82, 2.24) is 10.0 Å². The van der Waals surface area contributed by atoms with Gasteiger partial charge in [0.15, 0.2) is 0 Å². The molecule has 0 saturated carbocycles. The van der Waals surface area contributed by atoms with E-state index >= 15 is 0 Å². The molecule has 1 amide bonds. The minimum atomic E-state index is -3.64. The first kappa shape index (κ1) is 16.7. The largest absolute Gasteiger partial charge is 0.352 e. The summed E-state index contributed by atoms with van der Waals surface area (Å²) in [5, 5.41) is 2.68. The van der Waals surface area contributed by atoms with Crippen LogP contribution in [0.4, 0.5) is 0 Å². The van der Waals surface area contributed by atoms with Crippen molar-refractivity contribution in [3.05, 3.63) is 29.3 Å². The van der Waals surface area contributed by atoms with Gasteiger partial charge in [0.1, 0.15) is 0 Å². The van der Waals surface area contributed by atoms with Crippen molar-refractivity contribution in [1.29, 1.82) is 0 Å². The molecule has 1 aromatic rings. The summed E-state index contributed by atoms with van der Waals surface area (Å²) in [4.78, 5) is 12.0. The fourth-order valence-electron chi connectivity index (χ4n) is 1.73. The Morgan fingerprint density at radius 1 is 1.25 bits per heavy atom. The Bertz CT molecular complexity index is 601. The summed E-state index contributed by atoms with van der Waals surface area (Å²) in [6.45, 7) is 9.39. The molecule has 20 heavy (non-hydrogen) atoms. The van der Waals surface area contributed by atoms with E-state index < -0.39 is 15.6 Å². The number of benzene rings is 1. The van der Waals surface area contributed by atoms with Gasteiger partial charge in [0, 0.05) is 17.6 Å². The molecule has 0 aromatic heterocycles. The summed E-state index contributed by atoms with van der Waals surface area (Å²) in [5.41, 5.74) is 0.546. The molecule has 6 heteroatoms. The number of carbonyl (C=O) groups is 1. The zero-order valence-corrected chi connectivity index (χ0v) is 13.4. The minimum Gasteiger partial charge on any atom is -0.352 e. The van der Waals surface area contributed by atoms with Crippen molar-refractivity contribution in [3.8, 4) is 0 Å². The Labute approximate surface area is 120 Å². The van der Waals surface area contributed by atoms with Crippen LogP contribution < -0.4 is 10.0 Å². The third-order valence-corrected chi connectivity index (χ3v) is 4.30. The molecule has 0 saturated heterocycles. The Balaban J connectivity index is 3.22. The first-order valence-corrected chi connectivity index (χ1v) is 7.98. The maximum Gasteiger partial charge on any atom is 0.251 e. The number of amides is 1. The van der Waals surface area contributed by atoms with Crippen molar-refractivity contribution in [2.24, 2.45) is 0 Å². The Morgan fingerprint density at radius 2 is 1.85 bits per heavy atom. The van der Waals surface area contributed by atoms with Gasteiger partial charge in [0.2, 0.25) is 10.0 Å². The lowest BCUT2D eigenvalue weighted by molar-refractivity contribution is 0.0955. The summed E-state index contributed by atoms with van der Waals surface area (Å²) < 4.78 is 27.1. The first-order chi connectivity index (χ1) is 9.07. The quantitative estimate of drug-likeness (QED) is 0.890. The molecule has 0 aliphatic heterocycles. The predicted octanol–water partition coefficient (Wildman–Crippen LogP) is 1.82. The van der Waals surface area contributed by atoms with Crippen LogP contribution in [0.5, 0.6) is 0 Å². The topological polar surface area (TPSA) is 75.3 Å². The van der Waals surface area contributed by atoms with E-state index in [1.54, 1.807) is 33.8 Å². The van der Waals surface area contributed by atoms with Crippen LogP contribution in [-0.2, 0) is 10.0 Å². The number of hydrogen-bond donors (Lipinski definition) is 2. The smallest absolute Gasteiger partial charge is 0.251 e. The average Bonchev–Trinajstić information content (AvgIpc) is 2.26. The van der Waals surface area contributed by atoms with Crippen molar-refractivity contribution < 1.29 is 13.2 Å². The summed E-state index contributed by atoms with van der Waals surface area (Å²) in [6.07, 6.45) is 0. The molecule has 0 heterocycles. The average molecular weight is 298 g/mol. The molecule has 112 valence electrons. The zero-order chi connectivity index (χ0) is 15.6. The Morgan fingerprint density at radius 3 is 2.35 bits per heavy atom. The van der Waals surface area contributed by atoms with E-state index in [0.29, 0.717) is 12.1 Å². The van der Waals surface area contributed by atoms with Gasteiger partial charge in [0.05, 0.1) is 4.90 Å². The molecule has 1 rings (SSSR count). The number of carbonyl (C=O) groups excluding carboxylic acids is 1. The molecule has 0 aliphatic carbocycles. The lowest BCUT2D eigenvalue weighted by atomic mass is 10.1. The van der Waals surface area contributed by atoms with E-state index in [0.717, 1.165) is 5.56 Å². The molecule has 0 fully saturated rings. The maximum atomic E-state index is 12.2. The summed E-state index contributed by atoms with van der Waals surface area (Å²) in [6, 6.07) is 4.56. The van der Waals surface area contributed by atoms with E-state index in [1.165, 1.54) is 12.1 Å². The standard InChI is InChI=1S/C14H22N2O3S/c1-6-15-13(17)12-9-11(8-7-10(12)2)20(18,19)16-14(3,4)5/h7-9,16H,6H2,1-5H3,(H,15,17). The predicted molar refractivity (Wildman–Crippen MR) is 79.3 cm³/mol. The normalized spacial score (nSPS) is 12.2. The third-order valence-electron chi connectivity index (χ3n) is 2.54. The van der Waals surface area contributed by atoms with Gasteiger partial charge in [0.25, 0.3) is 5.91 Å². The van der Waals surface area contributed by atoms with Gasteiger partial charge in [-0.2, -0.15) is 0 Å². The van der Waals surface area contributed by atoms with Crippen LogP contribution >= 0.6 is 0 Å². The zero-order valence-electron chi connectivity index (χ0n) is 12.6. The molecule has 5 nitrogen and oxygen atoms in total. The number of sulfonamides is 1. The van der Waals surface area contributed by atoms with Crippen molar-refractivity contribution in [3.63, 3.8) is 0 Å². The molecule has 0 radical (unpaired) electrons. The van der Waals surface area contributed by atoms with Gasteiger partial charge in [-0.1, -0.05) is 6.07 Å². The van der Waals surface area contributed by atoms with Crippen LogP contribution in [0.15, 0.2) is 23.1 Å². The van der Waals surface area contributed by atoms with Crippen molar-refractivity contribution in [2.45, 2.75) is 45.1 Å². The van der Waals surface area contributed by atoms with Gasteiger partial charge in [-0.05, 0) is 52.3 Å². The number of aryl methyl sites for hydroxylation is 1. The molecule has 0 bridgehead atoms.